The minimum atomic E-state index is -1.03. The van der Waals surface area contributed by atoms with Crippen molar-refractivity contribution in [2.24, 2.45) is 5.92 Å². The van der Waals surface area contributed by atoms with Crippen molar-refractivity contribution >= 4 is 11.9 Å². The van der Waals surface area contributed by atoms with E-state index in [0.717, 1.165) is 0 Å². The molecule has 2 atom stereocenters. The first-order valence-electron chi connectivity index (χ1n) is 6.38. The molecule has 6 nitrogen and oxygen atoms in total. The van der Waals surface area contributed by atoms with Crippen LogP contribution in [0.2, 0.25) is 0 Å². The third kappa shape index (κ3) is 5.05. The molecular weight excluding hydrogens is 264 g/mol. The van der Waals surface area contributed by atoms with Gasteiger partial charge in [-0.3, -0.25) is 9.59 Å². The number of methoxy groups -OCH3 is 1. The van der Waals surface area contributed by atoms with E-state index in [9.17, 15) is 9.59 Å². The second-order valence-electron chi connectivity index (χ2n) is 4.60. The van der Waals surface area contributed by atoms with Gasteiger partial charge in [0.1, 0.15) is 12.4 Å². The molecular formula is C14H20O6. The normalized spacial score (nSPS) is 22.9. The van der Waals surface area contributed by atoms with Crippen LogP contribution in [-0.4, -0.2) is 36.9 Å². The van der Waals surface area contributed by atoms with Crippen LogP contribution in [0.25, 0.3) is 0 Å². The molecule has 1 fully saturated rings. The number of carboxylic acids is 1. The third-order valence-electron chi connectivity index (χ3n) is 3.12. The highest BCUT2D eigenvalue weighted by Crippen LogP contribution is 2.29. The highest BCUT2D eigenvalue weighted by atomic mass is 16.5. The molecule has 0 bridgehead atoms. The molecule has 1 aliphatic heterocycles. The Hall–Kier alpha value is -1.82. The number of aliphatic carboxylic acids is 1. The Labute approximate surface area is 118 Å². The monoisotopic (exact) mass is 284 g/mol. The predicted octanol–water partition coefficient (Wildman–Crippen LogP) is 1.86. The van der Waals surface area contributed by atoms with Gasteiger partial charge in [-0.25, -0.2) is 0 Å². The van der Waals surface area contributed by atoms with Crippen LogP contribution < -0.4 is 0 Å². The molecule has 0 aromatic heterocycles. The third-order valence-corrected chi connectivity index (χ3v) is 3.12. The van der Waals surface area contributed by atoms with Crippen molar-refractivity contribution in [1.82, 2.24) is 0 Å². The first-order chi connectivity index (χ1) is 9.43. The molecule has 6 heteroatoms. The smallest absolute Gasteiger partial charge is 0.306 e. The average Bonchev–Trinajstić information content (AvgIpc) is 2.52. The van der Waals surface area contributed by atoms with E-state index in [1.165, 1.54) is 0 Å². The maximum absolute atomic E-state index is 11.4. The van der Waals surface area contributed by atoms with E-state index < -0.39 is 11.9 Å². The van der Waals surface area contributed by atoms with Crippen LogP contribution in [0.15, 0.2) is 24.7 Å². The van der Waals surface area contributed by atoms with Crippen LogP contribution in [0.4, 0.5) is 0 Å². The van der Waals surface area contributed by atoms with Crippen molar-refractivity contribution in [2.45, 2.75) is 31.8 Å². The largest absolute Gasteiger partial charge is 0.481 e. The second kappa shape index (κ2) is 7.69. The van der Waals surface area contributed by atoms with Gasteiger partial charge in [-0.15, -0.1) is 0 Å². The molecule has 1 aliphatic rings. The van der Waals surface area contributed by atoms with Crippen LogP contribution in [0.3, 0.4) is 0 Å². The number of carbonyl (C=O) groups is 2. The minimum absolute atomic E-state index is 0.0586. The van der Waals surface area contributed by atoms with Crippen molar-refractivity contribution in [1.29, 1.82) is 0 Å². The van der Waals surface area contributed by atoms with Gasteiger partial charge < -0.3 is 19.3 Å². The minimum Gasteiger partial charge on any atom is -0.481 e. The van der Waals surface area contributed by atoms with Crippen LogP contribution in [0.1, 0.15) is 25.7 Å². The molecule has 0 aliphatic carbocycles. The summed E-state index contributed by atoms with van der Waals surface area (Å²) in [4.78, 5) is 21.8. The van der Waals surface area contributed by atoms with Crippen molar-refractivity contribution in [2.75, 3.05) is 13.7 Å². The van der Waals surface area contributed by atoms with E-state index >= 15 is 0 Å². The molecule has 0 radical (unpaired) electrons. The lowest BCUT2D eigenvalue weighted by molar-refractivity contribution is -0.149. The van der Waals surface area contributed by atoms with Crippen molar-refractivity contribution in [3.8, 4) is 0 Å². The molecule has 0 spiro atoms. The molecule has 0 saturated carbocycles. The summed E-state index contributed by atoms with van der Waals surface area (Å²) in [6.45, 7) is 7.63. The zero-order chi connectivity index (χ0) is 15.1. The summed E-state index contributed by atoms with van der Waals surface area (Å²) in [5.41, 5.74) is 0. The maximum Gasteiger partial charge on any atom is 0.306 e. The highest BCUT2D eigenvalue weighted by molar-refractivity contribution is 5.76. The van der Waals surface area contributed by atoms with Gasteiger partial charge in [0.2, 0.25) is 0 Å². The SMILES string of the molecule is C=C1CCC(OC)[C@@H](COC(=O)CCC(=O)O)C(=C)O1. The first kappa shape index (κ1) is 16.2. The van der Waals surface area contributed by atoms with E-state index in [-0.39, 0.29) is 31.5 Å². The Morgan fingerprint density at radius 3 is 2.70 bits per heavy atom. The van der Waals surface area contributed by atoms with Gasteiger partial charge >= 0.3 is 11.9 Å². The van der Waals surface area contributed by atoms with E-state index in [4.69, 9.17) is 19.3 Å². The molecule has 0 aromatic carbocycles. The molecule has 112 valence electrons. The Bertz CT molecular complexity index is 400. The fourth-order valence-corrected chi connectivity index (χ4v) is 1.97. The summed E-state index contributed by atoms with van der Waals surface area (Å²) >= 11 is 0. The molecule has 1 rings (SSSR count). The van der Waals surface area contributed by atoms with Crippen molar-refractivity contribution < 1.29 is 28.9 Å². The average molecular weight is 284 g/mol. The molecule has 1 N–H and O–H groups in total. The van der Waals surface area contributed by atoms with Gasteiger partial charge in [0.05, 0.1) is 30.6 Å². The quantitative estimate of drug-likeness (QED) is 0.750. The number of rotatable bonds is 6. The van der Waals surface area contributed by atoms with Crippen LogP contribution >= 0.6 is 0 Å². The Morgan fingerprint density at radius 1 is 1.40 bits per heavy atom. The molecule has 1 heterocycles. The van der Waals surface area contributed by atoms with E-state index in [1.807, 2.05) is 0 Å². The predicted molar refractivity (Wildman–Crippen MR) is 70.7 cm³/mol. The summed E-state index contributed by atoms with van der Waals surface area (Å²) in [7, 11) is 1.57. The molecule has 0 aromatic rings. The molecule has 1 saturated heterocycles. The van der Waals surface area contributed by atoms with E-state index in [0.29, 0.717) is 24.4 Å². The number of allylic oxidation sites excluding steroid dienone is 1. The summed E-state index contributed by atoms with van der Waals surface area (Å²) in [5.74, 6) is -0.816. The van der Waals surface area contributed by atoms with Gasteiger partial charge in [-0.2, -0.15) is 0 Å². The zero-order valence-corrected chi connectivity index (χ0v) is 11.6. The Kier molecular flexibility index (Phi) is 6.24. The highest BCUT2D eigenvalue weighted by Gasteiger charge is 2.30. The second-order valence-corrected chi connectivity index (χ2v) is 4.60. The topological polar surface area (TPSA) is 82.1 Å². The zero-order valence-electron chi connectivity index (χ0n) is 11.6. The summed E-state index contributed by atoms with van der Waals surface area (Å²) < 4.78 is 15.9. The van der Waals surface area contributed by atoms with Crippen molar-refractivity contribution in [3.63, 3.8) is 0 Å². The summed E-state index contributed by atoms with van der Waals surface area (Å²) in [6.07, 6.45) is 0.784. The van der Waals surface area contributed by atoms with E-state index in [2.05, 4.69) is 13.2 Å². The van der Waals surface area contributed by atoms with Gasteiger partial charge in [0.25, 0.3) is 0 Å². The van der Waals surface area contributed by atoms with Crippen LogP contribution in [0, 0.1) is 5.92 Å². The maximum atomic E-state index is 11.4. The van der Waals surface area contributed by atoms with Crippen LogP contribution in [0.5, 0.6) is 0 Å². The lowest BCUT2D eigenvalue weighted by atomic mass is 9.98. The summed E-state index contributed by atoms with van der Waals surface area (Å²) in [5, 5.41) is 8.50. The van der Waals surface area contributed by atoms with Crippen LogP contribution in [-0.2, 0) is 23.8 Å². The lowest BCUT2D eigenvalue weighted by Crippen LogP contribution is -2.28. The van der Waals surface area contributed by atoms with Crippen molar-refractivity contribution in [3.05, 3.63) is 24.7 Å². The lowest BCUT2D eigenvalue weighted by Gasteiger charge is -2.23. The fraction of sp³-hybridized carbons (Fsp3) is 0.571. The van der Waals surface area contributed by atoms with Gasteiger partial charge in [-0.1, -0.05) is 13.2 Å². The number of hydrogen-bond acceptors (Lipinski definition) is 5. The fourth-order valence-electron chi connectivity index (χ4n) is 1.97. The molecule has 1 unspecified atom stereocenters. The molecule has 20 heavy (non-hydrogen) atoms. The van der Waals surface area contributed by atoms with E-state index in [1.54, 1.807) is 7.11 Å². The number of hydrogen-bond donors (Lipinski definition) is 1. The summed E-state index contributed by atoms with van der Waals surface area (Å²) in [6, 6.07) is 0. The van der Waals surface area contributed by atoms with Gasteiger partial charge in [0.15, 0.2) is 0 Å². The molecule has 0 amide bonds. The first-order valence-corrected chi connectivity index (χ1v) is 6.38. The standard InChI is InChI=1S/C14H20O6/c1-9-4-5-12(18-3)11(10(2)20-9)8-19-14(17)7-6-13(15)16/h11-12H,1-2,4-8H2,3H3,(H,15,16)/t11-,12?/m0/s1. The Balaban J connectivity index is 2.53. The number of esters is 1. The number of carbonyl (C=O) groups excluding carboxylic acids is 1. The number of ether oxygens (including phenoxy) is 3. The Morgan fingerprint density at radius 2 is 2.10 bits per heavy atom. The van der Waals surface area contributed by atoms with Gasteiger partial charge in [0, 0.05) is 13.5 Å². The van der Waals surface area contributed by atoms with Gasteiger partial charge in [-0.05, 0) is 6.42 Å². The number of carboxylic acid groups (broad SMARTS) is 1.